The lowest BCUT2D eigenvalue weighted by Gasteiger charge is -2.06. The van der Waals surface area contributed by atoms with Crippen LogP contribution in [0.15, 0.2) is 47.9 Å². The predicted molar refractivity (Wildman–Crippen MR) is 79.7 cm³/mol. The third-order valence-electron chi connectivity index (χ3n) is 3.45. The largest absolute Gasteiger partial charge is 0.281 e. The highest BCUT2D eigenvalue weighted by Gasteiger charge is 2.45. The molecule has 1 saturated carbocycles. The molecule has 22 heavy (non-hydrogen) atoms. The molecule has 3 rings (SSSR count). The van der Waals surface area contributed by atoms with Crippen LogP contribution in [0.25, 0.3) is 0 Å². The summed E-state index contributed by atoms with van der Waals surface area (Å²) < 4.78 is 26.2. The second kappa shape index (κ2) is 5.66. The first-order chi connectivity index (χ1) is 10.5. The van der Waals surface area contributed by atoms with Gasteiger partial charge in [0.2, 0.25) is 5.91 Å². The van der Waals surface area contributed by atoms with Crippen LogP contribution in [0.4, 0.5) is 0 Å². The van der Waals surface area contributed by atoms with Gasteiger partial charge in [-0.1, -0.05) is 17.7 Å². The van der Waals surface area contributed by atoms with Gasteiger partial charge in [0.25, 0.3) is 10.0 Å². The van der Waals surface area contributed by atoms with E-state index in [4.69, 9.17) is 11.6 Å². The average Bonchev–Trinajstić information content (AvgIpc) is 3.29. The van der Waals surface area contributed by atoms with E-state index in [2.05, 4.69) is 14.7 Å². The van der Waals surface area contributed by atoms with Gasteiger partial charge < -0.3 is 0 Å². The van der Waals surface area contributed by atoms with Crippen LogP contribution in [-0.4, -0.2) is 24.3 Å². The lowest BCUT2D eigenvalue weighted by Crippen LogP contribution is -2.32. The van der Waals surface area contributed by atoms with Gasteiger partial charge in [-0.25, -0.2) is 9.71 Å². The summed E-state index contributed by atoms with van der Waals surface area (Å²) in [6, 6.07) is 6.32. The van der Waals surface area contributed by atoms with Gasteiger partial charge in [0.15, 0.2) is 5.03 Å². The predicted octanol–water partition coefficient (Wildman–Crippen LogP) is 1.74. The van der Waals surface area contributed by atoms with Crippen molar-refractivity contribution in [1.29, 1.82) is 0 Å². The fourth-order valence-corrected chi connectivity index (χ4v) is 3.30. The van der Waals surface area contributed by atoms with Crippen LogP contribution in [0.3, 0.4) is 0 Å². The Hall–Kier alpha value is -1.99. The van der Waals surface area contributed by atoms with E-state index in [0.717, 1.165) is 5.56 Å². The molecule has 6 nitrogen and oxygen atoms in total. The molecule has 2 heterocycles. The lowest BCUT2D eigenvalue weighted by atomic mass is 10.1. The third kappa shape index (κ3) is 3.10. The van der Waals surface area contributed by atoms with Gasteiger partial charge in [0.05, 0.1) is 5.02 Å². The maximum atomic E-state index is 12.1. The molecule has 2 aromatic rings. The number of carbonyl (C=O) groups excluding carboxylic acids is 1. The topological polar surface area (TPSA) is 89.0 Å². The molecule has 0 saturated heterocycles. The minimum Gasteiger partial charge on any atom is -0.274 e. The van der Waals surface area contributed by atoms with Gasteiger partial charge in [0, 0.05) is 24.5 Å². The maximum absolute atomic E-state index is 12.1. The van der Waals surface area contributed by atoms with Crippen LogP contribution >= 0.6 is 11.6 Å². The number of aromatic nitrogens is 2. The minimum atomic E-state index is -3.97. The van der Waals surface area contributed by atoms with Crippen molar-refractivity contribution in [2.75, 3.05) is 0 Å². The Bertz CT molecular complexity index is 794. The highest BCUT2D eigenvalue weighted by Crippen LogP contribution is 2.47. The zero-order valence-electron chi connectivity index (χ0n) is 11.3. The van der Waals surface area contributed by atoms with Crippen molar-refractivity contribution in [2.45, 2.75) is 17.4 Å². The second-order valence-electron chi connectivity index (χ2n) is 5.02. The first-order valence-corrected chi connectivity index (χ1v) is 8.41. The molecule has 1 fully saturated rings. The molecule has 2 atom stereocenters. The number of sulfonamides is 1. The Morgan fingerprint density at radius 2 is 2.09 bits per heavy atom. The molecule has 0 aromatic carbocycles. The molecule has 1 amide bonds. The number of carbonyl (C=O) groups is 1. The average molecular weight is 338 g/mol. The number of halogens is 1. The van der Waals surface area contributed by atoms with E-state index in [1.165, 1.54) is 18.3 Å². The Labute approximate surface area is 132 Å². The number of rotatable bonds is 4. The van der Waals surface area contributed by atoms with Crippen molar-refractivity contribution in [2.24, 2.45) is 5.92 Å². The number of hydrogen-bond acceptors (Lipinski definition) is 5. The summed E-state index contributed by atoms with van der Waals surface area (Å²) in [5.41, 5.74) is 0.935. The smallest absolute Gasteiger partial charge is 0.274 e. The number of nitrogens with zero attached hydrogens (tertiary/aromatic N) is 2. The molecule has 1 aliphatic rings. The van der Waals surface area contributed by atoms with Crippen molar-refractivity contribution < 1.29 is 13.2 Å². The van der Waals surface area contributed by atoms with Crippen molar-refractivity contribution in [3.05, 3.63) is 53.4 Å². The summed E-state index contributed by atoms with van der Waals surface area (Å²) in [5, 5.41) is 0.0907. The molecule has 2 aromatic heterocycles. The molecule has 0 unspecified atom stereocenters. The molecule has 0 aliphatic heterocycles. The standard InChI is InChI=1S/C14H12ClN3O3S/c15-10-3-4-13(17-8-10)22(20,21)18-14(19)12-6-11(12)9-2-1-5-16-7-9/h1-5,7-8,11-12H,6H2,(H,18,19)/t11-,12+/m1/s1. The fourth-order valence-electron chi connectivity index (χ4n) is 2.23. The van der Waals surface area contributed by atoms with E-state index in [9.17, 15) is 13.2 Å². The van der Waals surface area contributed by atoms with Crippen LogP contribution in [0.1, 0.15) is 17.9 Å². The van der Waals surface area contributed by atoms with Gasteiger partial charge in [-0.05, 0) is 36.1 Å². The quantitative estimate of drug-likeness (QED) is 0.917. The molecule has 114 valence electrons. The van der Waals surface area contributed by atoms with Crippen LogP contribution < -0.4 is 4.72 Å². The summed E-state index contributed by atoms with van der Waals surface area (Å²) in [5.74, 6) is -0.862. The molecule has 0 radical (unpaired) electrons. The monoisotopic (exact) mass is 337 g/mol. The van der Waals surface area contributed by atoms with Gasteiger partial charge in [0.1, 0.15) is 0 Å². The molecule has 8 heteroatoms. The summed E-state index contributed by atoms with van der Waals surface area (Å²) in [6.45, 7) is 0. The SMILES string of the molecule is O=C(NS(=O)(=O)c1ccc(Cl)cn1)[C@H]1C[C@@H]1c1cccnc1. The van der Waals surface area contributed by atoms with Gasteiger partial charge in [-0.2, -0.15) is 8.42 Å². The Morgan fingerprint density at radius 1 is 1.27 bits per heavy atom. The Kier molecular flexibility index (Phi) is 3.84. The van der Waals surface area contributed by atoms with E-state index < -0.39 is 15.9 Å². The maximum Gasteiger partial charge on any atom is 0.281 e. The van der Waals surface area contributed by atoms with Crippen LogP contribution in [0.5, 0.6) is 0 Å². The van der Waals surface area contributed by atoms with Gasteiger partial charge >= 0.3 is 0 Å². The number of amides is 1. The number of hydrogen-bond donors (Lipinski definition) is 1. The van der Waals surface area contributed by atoms with Crippen LogP contribution in [0.2, 0.25) is 5.02 Å². The number of nitrogens with one attached hydrogen (secondary N) is 1. The Morgan fingerprint density at radius 3 is 2.73 bits per heavy atom. The normalized spacial score (nSPS) is 20.4. The van der Waals surface area contributed by atoms with E-state index in [-0.39, 0.29) is 16.9 Å². The van der Waals surface area contributed by atoms with E-state index in [0.29, 0.717) is 11.4 Å². The summed E-state index contributed by atoms with van der Waals surface area (Å²) in [6.07, 6.45) is 5.17. The molecule has 1 aliphatic carbocycles. The van der Waals surface area contributed by atoms with Gasteiger partial charge in [-0.3, -0.25) is 9.78 Å². The van der Waals surface area contributed by atoms with E-state index >= 15 is 0 Å². The van der Waals surface area contributed by atoms with E-state index in [1.54, 1.807) is 18.5 Å². The summed E-state index contributed by atoms with van der Waals surface area (Å²) in [7, 11) is -3.97. The van der Waals surface area contributed by atoms with Crippen molar-refractivity contribution in [3.63, 3.8) is 0 Å². The summed E-state index contributed by atoms with van der Waals surface area (Å²) in [4.78, 5) is 19.8. The van der Waals surface area contributed by atoms with Crippen molar-refractivity contribution in [3.8, 4) is 0 Å². The molecule has 0 spiro atoms. The first-order valence-electron chi connectivity index (χ1n) is 6.55. The fraction of sp³-hybridized carbons (Fsp3) is 0.214. The van der Waals surface area contributed by atoms with Crippen LogP contribution in [-0.2, 0) is 14.8 Å². The molecule has 0 bridgehead atoms. The van der Waals surface area contributed by atoms with Gasteiger partial charge in [-0.15, -0.1) is 0 Å². The Balaban J connectivity index is 1.69. The summed E-state index contributed by atoms with van der Waals surface area (Å²) >= 11 is 5.66. The minimum absolute atomic E-state index is 0.0158. The van der Waals surface area contributed by atoms with Crippen LogP contribution in [0, 0.1) is 5.92 Å². The molecule has 1 N–H and O–H groups in total. The number of pyridine rings is 2. The zero-order chi connectivity index (χ0) is 15.7. The zero-order valence-corrected chi connectivity index (χ0v) is 12.9. The molecular formula is C14H12ClN3O3S. The highest BCUT2D eigenvalue weighted by atomic mass is 35.5. The highest BCUT2D eigenvalue weighted by molar-refractivity contribution is 7.90. The third-order valence-corrected chi connectivity index (χ3v) is 4.94. The first kappa shape index (κ1) is 14.9. The molecular weight excluding hydrogens is 326 g/mol. The lowest BCUT2D eigenvalue weighted by molar-refractivity contribution is -0.120. The van der Waals surface area contributed by atoms with Crippen molar-refractivity contribution in [1.82, 2.24) is 14.7 Å². The van der Waals surface area contributed by atoms with Crippen molar-refractivity contribution >= 4 is 27.5 Å². The van der Waals surface area contributed by atoms with E-state index in [1.807, 2.05) is 6.07 Å². The second-order valence-corrected chi connectivity index (χ2v) is 7.09.